The van der Waals surface area contributed by atoms with E-state index in [9.17, 15) is 0 Å². The molecule has 0 aliphatic carbocycles. The maximum absolute atomic E-state index is 5.60. The second-order valence-corrected chi connectivity index (χ2v) is 14.7. The number of hydrogen-bond acceptors (Lipinski definition) is 0. The highest BCUT2D eigenvalue weighted by molar-refractivity contribution is 8.27. The fourth-order valence-electron chi connectivity index (χ4n) is 0.303. The van der Waals surface area contributed by atoms with Crippen molar-refractivity contribution in [3.8, 4) is 0 Å². The third-order valence-electron chi connectivity index (χ3n) is 0.414. The SMILES string of the molecule is C=P(Cl)(Cl)CP(=C)(Cl)Cl. The molecule has 0 heterocycles. The molecule has 0 aromatic carbocycles. The lowest BCUT2D eigenvalue weighted by Gasteiger charge is -2.10. The summed E-state index contributed by atoms with van der Waals surface area (Å²) in [5, 5.41) is 0. The van der Waals surface area contributed by atoms with Gasteiger partial charge in [-0.05, 0) is 0 Å². The molecule has 0 fully saturated rings. The minimum Gasteiger partial charge on any atom is -0.0807 e. The van der Waals surface area contributed by atoms with Crippen LogP contribution in [0.25, 0.3) is 0 Å². The molecule has 0 bridgehead atoms. The van der Waals surface area contributed by atoms with Crippen molar-refractivity contribution in [2.45, 2.75) is 0 Å². The first kappa shape index (κ1) is 10.8. The standard InChI is InChI=1S/C3H6Cl4P2/c1-8(4,5)3-9(2,6)7/h1-3H2. The van der Waals surface area contributed by atoms with Crippen LogP contribution in [0.15, 0.2) is 0 Å². The largest absolute Gasteiger partial charge is 0.0807 e. The summed E-state index contributed by atoms with van der Waals surface area (Å²) < 4.78 is 0. The summed E-state index contributed by atoms with van der Waals surface area (Å²) in [7, 11) is 0. The first-order chi connectivity index (χ1) is 3.71. The van der Waals surface area contributed by atoms with Gasteiger partial charge in [0, 0.05) is 5.90 Å². The highest BCUT2D eigenvalue weighted by Crippen LogP contribution is 2.71. The zero-order chi connectivity index (χ0) is 7.71. The van der Waals surface area contributed by atoms with Gasteiger partial charge in [-0.25, -0.2) is 0 Å². The number of halogens is 4. The molecule has 0 rings (SSSR count). The summed E-state index contributed by atoms with van der Waals surface area (Å²) >= 11 is 22.4. The molecule has 0 nitrogen and oxygen atoms in total. The van der Waals surface area contributed by atoms with E-state index in [1.165, 1.54) is 0 Å². The van der Waals surface area contributed by atoms with E-state index in [1.807, 2.05) is 0 Å². The molecule has 0 spiro atoms. The molecule has 0 saturated heterocycles. The van der Waals surface area contributed by atoms with Crippen LogP contribution in [0.5, 0.6) is 0 Å². The van der Waals surface area contributed by atoms with Crippen molar-refractivity contribution < 1.29 is 0 Å². The van der Waals surface area contributed by atoms with Crippen LogP contribution >= 0.6 is 56.1 Å². The van der Waals surface area contributed by atoms with Crippen molar-refractivity contribution in [3.63, 3.8) is 0 Å². The van der Waals surface area contributed by atoms with Gasteiger partial charge in [0.1, 0.15) is 0 Å². The Kier molecular flexibility index (Phi) is 4.11. The second-order valence-electron chi connectivity index (χ2n) is 1.67. The van der Waals surface area contributed by atoms with Gasteiger partial charge in [0.05, 0.1) is 11.2 Å². The van der Waals surface area contributed by atoms with Crippen molar-refractivity contribution >= 4 is 68.7 Å². The first-order valence-electron chi connectivity index (χ1n) is 1.94. The molecule has 9 heavy (non-hydrogen) atoms. The maximum Gasteiger partial charge on any atom is 0.0611 e. The highest BCUT2D eigenvalue weighted by Gasteiger charge is 2.14. The normalized spacial score (nSPS) is 13.8. The van der Waals surface area contributed by atoms with Crippen LogP contribution in [0.2, 0.25) is 0 Å². The van der Waals surface area contributed by atoms with Crippen LogP contribution in [-0.2, 0) is 0 Å². The van der Waals surface area contributed by atoms with Gasteiger partial charge >= 0.3 is 0 Å². The maximum atomic E-state index is 5.60. The Morgan fingerprint density at radius 2 is 1.11 bits per heavy atom. The first-order valence-corrected chi connectivity index (χ1v) is 9.88. The predicted octanol–water partition coefficient (Wildman–Crippen LogP) is 4.46. The van der Waals surface area contributed by atoms with Crippen LogP contribution in [0.4, 0.5) is 0 Å². The average molecular weight is 246 g/mol. The molecule has 0 aliphatic rings. The average Bonchev–Trinajstić information content (AvgIpc) is 1.14. The molecule has 6 heteroatoms. The topological polar surface area (TPSA) is 0 Å². The van der Waals surface area contributed by atoms with Crippen molar-refractivity contribution in [3.05, 3.63) is 0 Å². The van der Waals surface area contributed by atoms with Gasteiger partial charge in [-0.15, -0.1) is 0 Å². The molecule has 0 radical (unpaired) electrons. The fraction of sp³-hybridized carbons (Fsp3) is 0.333. The summed E-state index contributed by atoms with van der Waals surface area (Å²) in [6.07, 6.45) is 7.03. The van der Waals surface area contributed by atoms with Crippen LogP contribution in [-0.4, -0.2) is 18.5 Å². The number of rotatable bonds is 2. The van der Waals surface area contributed by atoms with E-state index in [4.69, 9.17) is 45.0 Å². The molecular formula is C3H6Cl4P2. The van der Waals surface area contributed by atoms with E-state index in [0.29, 0.717) is 5.90 Å². The van der Waals surface area contributed by atoms with E-state index in [2.05, 4.69) is 12.6 Å². The van der Waals surface area contributed by atoms with Gasteiger partial charge < -0.3 is 0 Å². The van der Waals surface area contributed by atoms with Crippen molar-refractivity contribution in [2.24, 2.45) is 0 Å². The second kappa shape index (κ2) is 3.44. The summed E-state index contributed by atoms with van der Waals surface area (Å²) in [5.74, 6) is 0.353. The smallest absolute Gasteiger partial charge is 0.0611 e. The number of hydrogen-bond donors (Lipinski definition) is 0. The zero-order valence-corrected chi connectivity index (χ0v) is 9.34. The third kappa shape index (κ3) is 9.76. The van der Waals surface area contributed by atoms with Gasteiger partial charge in [-0.2, -0.15) is 0 Å². The Labute approximate surface area is 74.5 Å². The lowest BCUT2D eigenvalue weighted by molar-refractivity contribution is 2.25. The summed E-state index contributed by atoms with van der Waals surface area (Å²) in [6, 6.07) is 0. The summed E-state index contributed by atoms with van der Waals surface area (Å²) in [6.45, 7) is 0. The summed E-state index contributed by atoms with van der Waals surface area (Å²) in [5.41, 5.74) is -4.24. The van der Waals surface area contributed by atoms with E-state index in [0.717, 1.165) is 0 Å². The van der Waals surface area contributed by atoms with Crippen LogP contribution < -0.4 is 0 Å². The minimum atomic E-state index is -2.12. The van der Waals surface area contributed by atoms with Crippen molar-refractivity contribution in [2.75, 3.05) is 5.90 Å². The third-order valence-corrected chi connectivity index (χ3v) is 7.57. The molecule has 0 aromatic rings. The molecule has 0 unspecified atom stereocenters. The Morgan fingerprint density at radius 3 is 1.11 bits per heavy atom. The molecule has 0 aliphatic heterocycles. The van der Waals surface area contributed by atoms with E-state index >= 15 is 0 Å². The van der Waals surface area contributed by atoms with E-state index in [-0.39, 0.29) is 0 Å². The van der Waals surface area contributed by atoms with Crippen LogP contribution in [0.3, 0.4) is 0 Å². The highest BCUT2D eigenvalue weighted by atomic mass is 35.9. The minimum absolute atomic E-state index is 0.353. The molecule has 0 aromatic heterocycles. The van der Waals surface area contributed by atoms with Gasteiger partial charge in [0.15, 0.2) is 0 Å². The molecule has 0 amide bonds. The molecule has 56 valence electrons. The van der Waals surface area contributed by atoms with E-state index < -0.39 is 11.2 Å². The Hall–Kier alpha value is 1.76. The van der Waals surface area contributed by atoms with E-state index in [1.54, 1.807) is 0 Å². The van der Waals surface area contributed by atoms with Gasteiger partial charge in [0.25, 0.3) is 0 Å². The van der Waals surface area contributed by atoms with Gasteiger partial charge in [-0.1, -0.05) is 57.6 Å². The monoisotopic (exact) mass is 244 g/mol. The van der Waals surface area contributed by atoms with Crippen molar-refractivity contribution in [1.82, 2.24) is 0 Å². The van der Waals surface area contributed by atoms with Crippen molar-refractivity contribution in [1.29, 1.82) is 0 Å². The molecule has 0 atom stereocenters. The fourth-order valence-corrected chi connectivity index (χ4v) is 11.3. The van der Waals surface area contributed by atoms with Gasteiger partial charge in [0.2, 0.25) is 0 Å². The Balaban J connectivity index is 4.07. The Bertz CT molecular complexity index is 154. The molecule has 0 saturated carbocycles. The molecular weight excluding hydrogens is 240 g/mol. The quantitative estimate of drug-likeness (QED) is 0.631. The Morgan fingerprint density at radius 1 is 0.889 bits per heavy atom. The zero-order valence-electron chi connectivity index (χ0n) is 4.53. The molecule has 0 N–H and O–H groups in total. The lowest BCUT2D eigenvalue weighted by atomic mass is 11.9. The lowest BCUT2D eigenvalue weighted by Crippen LogP contribution is -1.68. The van der Waals surface area contributed by atoms with Gasteiger partial charge in [-0.3, -0.25) is 0 Å². The van der Waals surface area contributed by atoms with Crippen LogP contribution in [0.1, 0.15) is 0 Å². The predicted molar refractivity (Wildman–Crippen MR) is 56.4 cm³/mol. The van der Waals surface area contributed by atoms with Crippen LogP contribution in [0, 0.1) is 0 Å². The summed E-state index contributed by atoms with van der Waals surface area (Å²) in [4.78, 5) is 0.